The second kappa shape index (κ2) is 10.5. The average molecular weight is 423 g/mol. The van der Waals surface area contributed by atoms with E-state index in [1.807, 2.05) is 37.4 Å². The molecule has 0 aliphatic carbocycles. The number of ether oxygens (including phenoxy) is 1. The van der Waals surface area contributed by atoms with Crippen LogP contribution in [0.1, 0.15) is 25.8 Å². The Morgan fingerprint density at radius 1 is 1.14 bits per heavy atom. The molecule has 0 radical (unpaired) electrons. The molecule has 0 spiro atoms. The molecule has 6 nitrogen and oxygen atoms in total. The molecule has 2 N–H and O–H groups in total. The van der Waals surface area contributed by atoms with Gasteiger partial charge in [0.2, 0.25) is 15.9 Å². The van der Waals surface area contributed by atoms with Crippen LogP contribution in [0.2, 0.25) is 0 Å². The van der Waals surface area contributed by atoms with Gasteiger partial charge in [-0.1, -0.05) is 12.1 Å². The normalized spacial score (nSPS) is 11.2. The van der Waals surface area contributed by atoms with Crippen LogP contribution in [0, 0.1) is 0 Å². The van der Waals surface area contributed by atoms with Crippen molar-refractivity contribution in [2.75, 3.05) is 24.7 Å². The Bertz CT molecular complexity index is 897. The van der Waals surface area contributed by atoms with Crippen LogP contribution in [-0.2, 0) is 21.2 Å². The van der Waals surface area contributed by atoms with Crippen molar-refractivity contribution in [2.45, 2.75) is 36.5 Å². The molecule has 0 atom stereocenters. The maximum Gasteiger partial charge on any atom is 0.240 e. The number of anilines is 1. The van der Waals surface area contributed by atoms with Gasteiger partial charge < -0.3 is 10.1 Å². The Morgan fingerprint density at radius 2 is 1.86 bits per heavy atom. The highest BCUT2D eigenvalue weighted by Crippen LogP contribution is 2.28. The van der Waals surface area contributed by atoms with Gasteiger partial charge in [0.15, 0.2) is 0 Å². The average Bonchev–Trinajstić information content (AvgIpc) is 2.66. The van der Waals surface area contributed by atoms with Crippen LogP contribution >= 0.6 is 11.8 Å². The third-order valence-electron chi connectivity index (χ3n) is 3.96. The summed E-state index contributed by atoms with van der Waals surface area (Å²) in [7, 11) is -3.64. The Labute approximate surface area is 171 Å². The third-order valence-corrected chi connectivity index (χ3v) is 6.22. The molecule has 0 saturated heterocycles. The van der Waals surface area contributed by atoms with Gasteiger partial charge in [-0.15, -0.1) is 11.8 Å². The number of amides is 1. The van der Waals surface area contributed by atoms with E-state index in [4.69, 9.17) is 4.74 Å². The number of rotatable bonds is 10. The highest BCUT2D eigenvalue weighted by molar-refractivity contribution is 7.98. The van der Waals surface area contributed by atoms with Gasteiger partial charge >= 0.3 is 0 Å². The number of aryl methyl sites for hydroxylation is 1. The molecule has 0 bridgehead atoms. The number of thioether (sulfide) groups is 1. The zero-order chi connectivity index (χ0) is 20.6. The lowest BCUT2D eigenvalue weighted by Gasteiger charge is -2.12. The van der Waals surface area contributed by atoms with Crippen LogP contribution in [0.3, 0.4) is 0 Å². The lowest BCUT2D eigenvalue weighted by molar-refractivity contribution is -0.114. The molecule has 2 rings (SSSR count). The minimum Gasteiger partial charge on any atom is -0.494 e. The number of benzene rings is 2. The first-order chi connectivity index (χ1) is 13.4. The number of carbonyl (C=O) groups is 1. The molecule has 2 aromatic rings. The molecular weight excluding hydrogens is 396 g/mol. The number of hydrogen-bond acceptors (Lipinski definition) is 5. The van der Waals surface area contributed by atoms with E-state index < -0.39 is 10.0 Å². The predicted molar refractivity (Wildman–Crippen MR) is 114 cm³/mol. The van der Waals surface area contributed by atoms with Crippen LogP contribution in [0.15, 0.2) is 52.3 Å². The molecule has 8 heteroatoms. The first kappa shape index (κ1) is 22.3. The van der Waals surface area contributed by atoms with Gasteiger partial charge in [0.05, 0.1) is 17.2 Å². The van der Waals surface area contributed by atoms with E-state index in [1.165, 1.54) is 24.8 Å². The Kier molecular flexibility index (Phi) is 8.35. The van der Waals surface area contributed by atoms with Gasteiger partial charge in [-0.25, -0.2) is 13.1 Å². The molecule has 0 fully saturated rings. The summed E-state index contributed by atoms with van der Waals surface area (Å²) >= 11 is 1.44. The van der Waals surface area contributed by atoms with Gasteiger partial charge in [-0.2, -0.15) is 0 Å². The molecule has 1 amide bonds. The lowest BCUT2D eigenvalue weighted by atomic mass is 10.1. The molecule has 0 heterocycles. The fraction of sp³-hybridized carbons (Fsp3) is 0.350. The predicted octanol–water partition coefficient (Wildman–Crippen LogP) is 3.68. The van der Waals surface area contributed by atoms with Crippen molar-refractivity contribution in [3.8, 4) is 5.75 Å². The number of nitrogens with one attached hydrogen (secondary N) is 2. The largest absolute Gasteiger partial charge is 0.494 e. The van der Waals surface area contributed by atoms with E-state index in [0.717, 1.165) is 22.6 Å². The maximum atomic E-state index is 12.6. The Balaban J connectivity index is 1.95. The third kappa shape index (κ3) is 6.54. The zero-order valence-electron chi connectivity index (χ0n) is 16.3. The number of hydrogen-bond donors (Lipinski definition) is 2. The smallest absolute Gasteiger partial charge is 0.240 e. The first-order valence-corrected chi connectivity index (χ1v) is 11.7. The molecule has 152 valence electrons. The summed E-state index contributed by atoms with van der Waals surface area (Å²) in [5, 5.41) is 2.68. The van der Waals surface area contributed by atoms with E-state index in [9.17, 15) is 13.2 Å². The van der Waals surface area contributed by atoms with Crippen molar-refractivity contribution >= 4 is 33.4 Å². The summed E-state index contributed by atoms with van der Waals surface area (Å²) in [6.07, 6.45) is 3.31. The van der Waals surface area contributed by atoms with Gasteiger partial charge in [-0.05, 0) is 61.9 Å². The minimum atomic E-state index is -3.64. The molecule has 0 aliphatic rings. The number of carbonyl (C=O) groups excluding carboxylic acids is 1. The zero-order valence-corrected chi connectivity index (χ0v) is 18.0. The molecule has 2 aromatic carbocycles. The van der Waals surface area contributed by atoms with Crippen molar-refractivity contribution in [1.29, 1.82) is 0 Å². The second-order valence-corrected chi connectivity index (χ2v) is 8.74. The Morgan fingerprint density at radius 3 is 2.46 bits per heavy atom. The minimum absolute atomic E-state index is 0.134. The summed E-state index contributed by atoms with van der Waals surface area (Å²) in [6.45, 7) is 4.29. The molecule has 0 aromatic heterocycles. The number of sulfonamides is 1. The summed E-state index contributed by atoms with van der Waals surface area (Å²) in [6, 6.07) is 12.5. The van der Waals surface area contributed by atoms with Crippen LogP contribution in [0.25, 0.3) is 0 Å². The molecular formula is C20H26N2O4S2. The SMILES string of the molecule is CCOc1ccc(CCCNS(=O)(=O)c2ccc(SC)c(NC(C)=O)c2)cc1. The summed E-state index contributed by atoms with van der Waals surface area (Å²) in [5.41, 5.74) is 1.62. The van der Waals surface area contributed by atoms with Crippen molar-refractivity contribution in [1.82, 2.24) is 4.72 Å². The molecule has 0 unspecified atom stereocenters. The van der Waals surface area contributed by atoms with Crippen molar-refractivity contribution in [2.24, 2.45) is 0 Å². The fourth-order valence-corrected chi connectivity index (χ4v) is 4.28. The van der Waals surface area contributed by atoms with Crippen LogP contribution in [0.5, 0.6) is 5.75 Å². The highest BCUT2D eigenvalue weighted by Gasteiger charge is 2.16. The standard InChI is InChI=1S/C20H26N2O4S2/c1-4-26-17-9-7-16(8-10-17)6-5-13-21-28(24,25)18-11-12-20(27-3)19(14-18)22-15(2)23/h7-12,14,21H,4-6,13H2,1-3H3,(H,22,23). The molecule has 0 saturated carbocycles. The van der Waals surface area contributed by atoms with Gasteiger partial charge in [0, 0.05) is 18.4 Å². The lowest BCUT2D eigenvalue weighted by Crippen LogP contribution is -2.25. The van der Waals surface area contributed by atoms with Crippen molar-refractivity contribution in [3.63, 3.8) is 0 Å². The van der Waals surface area contributed by atoms with Gasteiger partial charge in [0.1, 0.15) is 5.75 Å². The van der Waals surface area contributed by atoms with Crippen LogP contribution in [0.4, 0.5) is 5.69 Å². The van der Waals surface area contributed by atoms with E-state index >= 15 is 0 Å². The molecule has 28 heavy (non-hydrogen) atoms. The topological polar surface area (TPSA) is 84.5 Å². The van der Waals surface area contributed by atoms with E-state index in [-0.39, 0.29) is 10.8 Å². The van der Waals surface area contributed by atoms with E-state index in [2.05, 4.69) is 10.0 Å². The van der Waals surface area contributed by atoms with Gasteiger partial charge in [0.25, 0.3) is 0 Å². The highest BCUT2D eigenvalue weighted by atomic mass is 32.2. The summed E-state index contributed by atoms with van der Waals surface area (Å²) in [4.78, 5) is 12.3. The molecule has 0 aliphatic heterocycles. The van der Waals surface area contributed by atoms with Crippen LogP contribution in [-0.4, -0.2) is 33.7 Å². The van der Waals surface area contributed by atoms with Crippen molar-refractivity contribution in [3.05, 3.63) is 48.0 Å². The quantitative estimate of drug-likeness (QED) is 0.451. The Hall–Kier alpha value is -2.03. The maximum absolute atomic E-state index is 12.6. The van der Waals surface area contributed by atoms with Crippen molar-refractivity contribution < 1.29 is 17.9 Å². The fourth-order valence-electron chi connectivity index (χ4n) is 2.64. The first-order valence-electron chi connectivity index (χ1n) is 9.02. The van der Waals surface area contributed by atoms with Crippen LogP contribution < -0.4 is 14.8 Å². The summed E-state index contributed by atoms with van der Waals surface area (Å²) in [5.74, 6) is 0.587. The van der Waals surface area contributed by atoms with Gasteiger partial charge in [-0.3, -0.25) is 4.79 Å². The van der Waals surface area contributed by atoms with E-state index in [0.29, 0.717) is 25.3 Å². The summed E-state index contributed by atoms with van der Waals surface area (Å²) < 4.78 is 33.1. The second-order valence-electron chi connectivity index (χ2n) is 6.12. The van der Waals surface area contributed by atoms with E-state index in [1.54, 1.807) is 12.1 Å². The monoisotopic (exact) mass is 422 g/mol.